The molecule has 2 aliphatic heterocycles. The molecule has 2 aromatic carbocycles. The molecular weight excluding hydrogens is 450 g/mol. The summed E-state index contributed by atoms with van der Waals surface area (Å²) in [7, 11) is 0. The first-order valence-electron chi connectivity index (χ1n) is 9.55. The minimum atomic E-state index is -1.20. The molecule has 2 aromatic rings. The van der Waals surface area contributed by atoms with Crippen molar-refractivity contribution in [1.29, 1.82) is 5.41 Å². The largest absolute Gasteiger partial charge is 0.487 e. The van der Waals surface area contributed by atoms with Gasteiger partial charge in [-0.2, -0.15) is 0 Å². The second-order valence-corrected chi connectivity index (χ2v) is 9.10. The third kappa shape index (κ3) is 3.56. The summed E-state index contributed by atoms with van der Waals surface area (Å²) in [5.74, 6) is 0.546. The summed E-state index contributed by atoms with van der Waals surface area (Å²) in [6.45, 7) is 5.49. The number of hydrogen-bond donors (Lipinski definition) is 2. The predicted molar refractivity (Wildman–Crippen MR) is 116 cm³/mol. The van der Waals surface area contributed by atoms with Gasteiger partial charge >= 0.3 is 6.09 Å². The van der Waals surface area contributed by atoms with E-state index < -0.39 is 17.3 Å². The fourth-order valence-electron chi connectivity index (χ4n) is 4.02. The second-order valence-electron chi connectivity index (χ2n) is 8.19. The van der Waals surface area contributed by atoms with Crippen molar-refractivity contribution in [3.05, 3.63) is 58.1 Å². The highest BCUT2D eigenvalue weighted by atomic mass is 79.9. The maximum atomic E-state index is 12.8. The molecule has 0 radical (unpaired) electrons. The summed E-state index contributed by atoms with van der Waals surface area (Å²) < 4.78 is 12.8. The lowest BCUT2D eigenvalue weighted by atomic mass is 9.79. The summed E-state index contributed by atoms with van der Waals surface area (Å²) in [6, 6.07) is 12.7. The van der Waals surface area contributed by atoms with Crippen LogP contribution < -0.4 is 10.1 Å². The Labute approximate surface area is 183 Å². The molecule has 0 aromatic heterocycles. The van der Waals surface area contributed by atoms with E-state index in [-0.39, 0.29) is 18.3 Å². The number of anilines is 1. The number of ether oxygens (including phenoxy) is 2. The van der Waals surface area contributed by atoms with Crippen LogP contribution >= 0.6 is 15.9 Å². The highest BCUT2D eigenvalue weighted by Gasteiger charge is 2.58. The molecular formula is C22H22BrN3O4. The van der Waals surface area contributed by atoms with E-state index in [0.717, 1.165) is 10.0 Å². The van der Waals surface area contributed by atoms with Crippen molar-refractivity contribution in [1.82, 2.24) is 4.90 Å². The molecule has 2 heterocycles. The van der Waals surface area contributed by atoms with Gasteiger partial charge in [0.2, 0.25) is 11.5 Å². The number of amides is 2. The van der Waals surface area contributed by atoms with E-state index in [9.17, 15) is 9.59 Å². The van der Waals surface area contributed by atoms with E-state index in [0.29, 0.717) is 23.4 Å². The lowest BCUT2D eigenvalue weighted by molar-refractivity contribution is -0.114. The number of fused-ring (bicyclic) bond motifs is 2. The standard InChI is InChI=1S/C22H22BrN3O4/c1-13(27)25-16-7-4-14(5-8-16)11-26-19(24)22(30-20(26)28)12-21(2,3)29-18-9-6-15(23)10-17(18)22/h4-10,24H,11-12H2,1-3H3,(H,25,27). The van der Waals surface area contributed by atoms with Gasteiger partial charge in [-0.3, -0.25) is 15.1 Å². The first-order chi connectivity index (χ1) is 14.1. The van der Waals surface area contributed by atoms with E-state index in [4.69, 9.17) is 14.9 Å². The van der Waals surface area contributed by atoms with Gasteiger partial charge in [0.1, 0.15) is 11.4 Å². The van der Waals surface area contributed by atoms with Gasteiger partial charge < -0.3 is 14.8 Å². The Morgan fingerprint density at radius 3 is 2.57 bits per heavy atom. The molecule has 2 aliphatic rings. The fraction of sp³-hybridized carbons (Fsp3) is 0.318. The summed E-state index contributed by atoms with van der Waals surface area (Å²) in [4.78, 5) is 25.4. The third-order valence-corrected chi connectivity index (χ3v) is 5.68. The maximum Gasteiger partial charge on any atom is 0.417 e. The number of hydrogen-bond acceptors (Lipinski definition) is 5. The first-order valence-corrected chi connectivity index (χ1v) is 10.3. The monoisotopic (exact) mass is 471 g/mol. The Hall–Kier alpha value is -2.87. The zero-order valence-corrected chi connectivity index (χ0v) is 18.5. The van der Waals surface area contributed by atoms with Crippen molar-refractivity contribution in [2.45, 2.75) is 44.9 Å². The summed E-state index contributed by atoms with van der Waals surface area (Å²) in [6.07, 6.45) is -0.221. The van der Waals surface area contributed by atoms with E-state index in [1.165, 1.54) is 11.8 Å². The fourth-order valence-corrected chi connectivity index (χ4v) is 4.38. The average molecular weight is 472 g/mol. The van der Waals surface area contributed by atoms with Crippen LogP contribution in [-0.2, 0) is 21.7 Å². The number of halogens is 1. The molecule has 1 spiro atoms. The Balaban J connectivity index is 1.66. The SMILES string of the molecule is CC(=O)Nc1ccc(CN2C(=N)C3(CC(C)(C)Oc4ccc(Br)cc43)OC2=O)cc1. The number of nitrogens with zero attached hydrogens (tertiary/aromatic N) is 1. The zero-order valence-electron chi connectivity index (χ0n) is 16.9. The van der Waals surface area contributed by atoms with Crippen LogP contribution in [0.2, 0.25) is 0 Å². The Kier molecular flexibility index (Phi) is 4.85. The lowest BCUT2D eigenvalue weighted by Gasteiger charge is -2.42. The number of carbonyl (C=O) groups excluding carboxylic acids is 2. The molecule has 4 rings (SSSR count). The second kappa shape index (κ2) is 7.12. The molecule has 1 atom stereocenters. The van der Waals surface area contributed by atoms with Crippen molar-refractivity contribution in [3.8, 4) is 5.75 Å². The highest BCUT2D eigenvalue weighted by Crippen LogP contribution is 2.50. The van der Waals surface area contributed by atoms with Gasteiger partial charge in [-0.15, -0.1) is 0 Å². The molecule has 156 valence electrons. The number of amidine groups is 1. The third-order valence-electron chi connectivity index (χ3n) is 5.19. The van der Waals surface area contributed by atoms with Gasteiger partial charge in [-0.05, 0) is 49.7 Å². The van der Waals surface area contributed by atoms with Crippen LogP contribution in [0.25, 0.3) is 0 Å². The van der Waals surface area contributed by atoms with Crippen LogP contribution in [0, 0.1) is 5.41 Å². The minimum absolute atomic E-state index is 0.0918. The molecule has 0 aliphatic carbocycles. The van der Waals surface area contributed by atoms with Crippen molar-refractivity contribution >= 4 is 39.5 Å². The van der Waals surface area contributed by atoms with Crippen LogP contribution in [0.5, 0.6) is 5.75 Å². The maximum absolute atomic E-state index is 12.8. The molecule has 30 heavy (non-hydrogen) atoms. The van der Waals surface area contributed by atoms with Crippen LogP contribution in [-0.4, -0.2) is 28.3 Å². The van der Waals surface area contributed by atoms with Gasteiger partial charge in [0, 0.05) is 29.1 Å². The van der Waals surface area contributed by atoms with Gasteiger partial charge in [0.25, 0.3) is 0 Å². The Bertz CT molecular complexity index is 1050. The minimum Gasteiger partial charge on any atom is -0.487 e. The zero-order chi connectivity index (χ0) is 21.7. The van der Waals surface area contributed by atoms with E-state index in [2.05, 4.69) is 21.2 Å². The van der Waals surface area contributed by atoms with Crippen LogP contribution in [0.4, 0.5) is 10.5 Å². The molecule has 0 bridgehead atoms. The normalized spacial score (nSPS) is 21.8. The van der Waals surface area contributed by atoms with Gasteiger partial charge in [0.15, 0.2) is 5.84 Å². The lowest BCUT2D eigenvalue weighted by Crippen LogP contribution is -2.49. The van der Waals surface area contributed by atoms with Crippen LogP contribution in [0.15, 0.2) is 46.9 Å². The molecule has 1 fully saturated rings. The van der Waals surface area contributed by atoms with Gasteiger partial charge in [-0.1, -0.05) is 28.1 Å². The van der Waals surface area contributed by atoms with E-state index in [1.807, 2.05) is 44.2 Å². The van der Waals surface area contributed by atoms with E-state index >= 15 is 0 Å². The number of rotatable bonds is 3. The topological polar surface area (TPSA) is 91.7 Å². The molecule has 0 saturated carbocycles. The number of nitrogens with one attached hydrogen (secondary N) is 2. The quantitative estimate of drug-likeness (QED) is 0.672. The van der Waals surface area contributed by atoms with Crippen molar-refractivity contribution < 1.29 is 19.1 Å². The summed E-state index contributed by atoms with van der Waals surface area (Å²) in [5, 5.41) is 11.6. The average Bonchev–Trinajstić information content (AvgIpc) is 2.87. The van der Waals surface area contributed by atoms with Crippen molar-refractivity contribution in [2.24, 2.45) is 0 Å². The van der Waals surface area contributed by atoms with Crippen LogP contribution in [0.3, 0.4) is 0 Å². The van der Waals surface area contributed by atoms with E-state index in [1.54, 1.807) is 12.1 Å². The smallest absolute Gasteiger partial charge is 0.417 e. The molecule has 2 amide bonds. The molecule has 1 unspecified atom stereocenters. The van der Waals surface area contributed by atoms with Gasteiger partial charge in [-0.25, -0.2) is 4.79 Å². The van der Waals surface area contributed by atoms with Crippen LogP contribution in [0.1, 0.15) is 38.3 Å². The molecule has 8 heteroatoms. The number of carbonyl (C=O) groups is 2. The molecule has 7 nitrogen and oxygen atoms in total. The Morgan fingerprint density at radius 2 is 1.90 bits per heavy atom. The van der Waals surface area contributed by atoms with Crippen molar-refractivity contribution in [2.75, 3.05) is 5.32 Å². The highest BCUT2D eigenvalue weighted by molar-refractivity contribution is 9.10. The Morgan fingerprint density at radius 1 is 1.20 bits per heavy atom. The summed E-state index contributed by atoms with van der Waals surface area (Å²) in [5.41, 5.74) is 0.353. The predicted octanol–water partition coefficient (Wildman–Crippen LogP) is 4.79. The molecule has 1 saturated heterocycles. The van der Waals surface area contributed by atoms with Crippen molar-refractivity contribution in [3.63, 3.8) is 0 Å². The van der Waals surface area contributed by atoms with Gasteiger partial charge in [0.05, 0.1) is 6.54 Å². The summed E-state index contributed by atoms with van der Waals surface area (Å²) >= 11 is 3.47. The number of benzene rings is 2. The first kappa shape index (κ1) is 20.4. The molecule has 2 N–H and O–H groups in total.